The molecule has 1 N–H and O–H groups in total. The summed E-state index contributed by atoms with van der Waals surface area (Å²) in [4.78, 5) is 37.6. The van der Waals surface area contributed by atoms with Crippen molar-refractivity contribution in [2.75, 3.05) is 47.5 Å². The van der Waals surface area contributed by atoms with Crippen LogP contribution in [0.5, 0.6) is 0 Å². The van der Waals surface area contributed by atoms with Crippen molar-refractivity contribution < 1.29 is 42.9 Å². The van der Waals surface area contributed by atoms with Gasteiger partial charge in [0, 0.05) is 12.8 Å². The summed E-state index contributed by atoms with van der Waals surface area (Å²) >= 11 is 0. The van der Waals surface area contributed by atoms with E-state index in [1.165, 1.54) is 77.0 Å². The molecule has 85 heavy (non-hydrogen) atoms. The molecule has 0 rings (SSSR count). The van der Waals surface area contributed by atoms with Crippen LogP contribution in [0.25, 0.3) is 0 Å². The Morgan fingerprint density at radius 2 is 0.635 bits per heavy atom. The summed E-state index contributed by atoms with van der Waals surface area (Å²) in [6.07, 6.45) is 93.3. The van der Waals surface area contributed by atoms with E-state index in [0.717, 1.165) is 135 Å². The van der Waals surface area contributed by atoms with E-state index >= 15 is 0 Å². The minimum atomic E-state index is -1.52. The van der Waals surface area contributed by atoms with Gasteiger partial charge in [0.2, 0.25) is 0 Å². The Labute approximate surface area is 521 Å². The Kier molecular flexibility index (Phi) is 61.0. The standard InChI is InChI=1S/C76H123NO8/c1-6-8-10-12-14-16-18-20-22-24-26-28-30-31-32-33-34-35-36-37-38-39-40-41-42-43-45-47-49-51-53-55-57-59-61-63-65-67-74(79)85-72(71-84-76(75(80)81)82-69-68-77(3,4)5)70-83-73(78)66-64-62-60-58-56-54-52-50-48-46-44-29-27-25-23-21-19-17-15-13-11-9-7-2/h8-11,14-17,20-23,26-29,31-32,34-35,37-38,40-41,43,45,72,76H,6-7,12-13,18-19,24-25,30,33,36,39,42,44,46-71H2,1-5H3/p+1/b10-8-,11-9-,16-14-,17-15-,22-20-,23-21-,28-26-,29-27-,32-31-,35-34-,38-37-,41-40-,45-43-. The first-order valence-corrected chi connectivity index (χ1v) is 33.6. The number of carboxylic acids is 1. The third kappa shape index (κ3) is 66.3. The monoisotopic (exact) mass is 1180 g/mol. The van der Waals surface area contributed by atoms with Crippen LogP contribution in [0, 0.1) is 0 Å². The van der Waals surface area contributed by atoms with Crippen LogP contribution < -0.4 is 0 Å². The molecular weight excluding hydrogens is 1050 g/mol. The molecule has 0 aliphatic rings. The second-order valence-electron chi connectivity index (χ2n) is 23.0. The van der Waals surface area contributed by atoms with Crippen molar-refractivity contribution in [2.24, 2.45) is 0 Å². The maximum absolute atomic E-state index is 12.9. The Hall–Kier alpha value is -5.09. The number of rotatable bonds is 60. The molecule has 0 amide bonds. The first-order chi connectivity index (χ1) is 41.6. The van der Waals surface area contributed by atoms with Gasteiger partial charge >= 0.3 is 17.9 Å². The van der Waals surface area contributed by atoms with Gasteiger partial charge in [-0.05, 0) is 122 Å². The maximum atomic E-state index is 12.9. The number of unbranched alkanes of at least 4 members (excludes halogenated alkanes) is 19. The lowest BCUT2D eigenvalue weighted by Crippen LogP contribution is -2.40. The second kappa shape index (κ2) is 64.9. The van der Waals surface area contributed by atoms with Crippen LogP contribution in [0.3, 0.4) is 0 Å². The molecular formula is C76H124NO8+. The number of esters is 2. The first kappa shape index (κ1) is 79.9. The number of aliphatic carboxylic acids is 1. The van der Waals surface area contributed by atoms with Gasteiger partial charge in [-0.3, -0.25) is 9.59 Å². The van der Waals surface area contributed by atoms with Crippen molar-refractivity contribution in [1.82, 2.24) is 0 Å². The topological polar surface area (TPSA) is 108 Å². The van der Waals surface area contributed by atoms with Gasteiger partial charge < -0.3 is 28.5 Å². The molecule has 0 fully saturated rings. The van der Waals surface area contributed by atoms with Crippen LogP contribution in [-0.2, 0) is 33.3 Å². The molecule has 0 saturated heterocycles. The lowest BCUT2D eigenvalue weighted by atomic mass is 10.1. The summed E-state index contributed by atoms with van der Waals surface area (Å²) in [6.45, 7) is 4.63. The van der Waals surface area contributed by atoms with Gasteiger partial charge in [0.05, 0.1) is 34.4 Å². The molecule has 0 saturated carbocycles. The summed E-state index contributed by atoms with van der Waals surface area (Å²) < 4.78 is 22.9. The van der Waals surface area contributed by atoms with E-state index < -0.39 is 24.3 Å². The zero-order valence-corrected chi connectivity index (χ0v) is 54.7. The minimum Gasteiger partial charge on any atom is -0.477 e. The SMILES string of the molecule is CC/C=C\C/C=C\C/C=C\C/C=C\C/C=C\C/C=C\C/C=C\C/C=C\C/C=C\CCCCCCCCCCCC(=O)OC(COC(=O)CCCCCCCCCCCC/C=C\C/C=C\C/C=C\C/C=C\CC)COC(OCC[N+](C)(C)C)C(=O)O. The summed E-state index contributed by atoms with van der Waals surface area (Å²) in [5, 5.41) is 9.74. The van der Waals surface area contributed by atoms with Gasteiger partial charge in [0.25, 0.3) is 6.29 Å². The molecule has 480 valence electrons. The maximum Gasteiger partial charge on any atom is 0.361 e. The lowest BCUT2D eigenvalue weighted by Gasteiger charge is -2.25. The Bertz CT molecular complexity index is 1950. The zero-order chi connectivity index (χ0) is 61.9. The molecule has 0 heterocycles. The van der Waals surface area contributed by atoms with E-state index in [-0.39, 0.29) is 38.6 Å². The fraction of sp³-hybridized carbons (Fsp3) is 0.618. The number of ether oxygens (including phenoxy) is 4. The lowest BCUT2D eigenvalue weighted by molar-refractivity contribution is -0.870. The molecule has 9 heteroatoms. The van der Waals surface area contributed by atoms with Gasteiger partial charge in [-0.25, -0.2) is 4.79 Å². The molecule has 0 radical (unpaired) electrons. The highest BCUT2D eigenvalue weighted by atomic mass is 16.7. The number of carbonyl (C=O) groups excluding carboxylic acids is 2. The van der Waals surface area contributed by atoms with Crippen LogP contribution in [0.1, 0.15) is 245 Å². The van der Waals surface area contributed by atoms with Crippen molar-refractivity contribution in [3.05, 3.63) is 158 Å². The van der Waals surface area contributed by atoms with E-state index in [1.54, 1.807) is 0 Å². The van der Waals surface area contributed by atoms with Gasteiger partial charge in [-0.1, -0.05) is 268 Å². The van der Waals surface area contributed by atoms with E-state index in [2.05, 4.69) is 172 Å². The average Bonchev–Trinajstić information content (AvgIpc) is 3.48. The molecule has 9 nitrogen and oxygen atoms in total. The normalized spacial score (nSPS) is 13.8. The van der Waals surface area contributed by atoms with Crippen LogP contribution in [0.15, 0.2) is 158 Å². The number of carbonyl (C=O) groups is 3. The van der Waals surface area contributed by atoms with Crippen molar-refractivity contribution in [1.29, 1.82) is 0 Å². The van der Waals surface area contributed by atoms with E-state index in [0.29, 0.717) is 17.4 Å². The predicted octanol–water partition coefficient (Wildman–Crippen LogP) is 20.9. The first-order valence-electron chi connectivity index (χ1n) is 33.6. The van der Waals surface area contributed by atoms with E-state index in [1.807, 2.05) is 21.1 Å². The van der Waals surface area contributed by atoms with Gasteiger partial charge in [0.15, 0.2) is 6.10 Å². The molecule has 0 aromatic carbocycles. The number of hydrogen-bond donors (Lipinski definition) is 1. The number of likely N-dealkylation sites (N-methyl/N-ethyl adjacent to an activating group) is 1. The average molecular weight is 1180 g/mol. The van der Waals surface area contributed by atoms with Crippen molar-refractivity contribution in [3.8, 4) is 0 Å². The number of allylic oxidation sites excluding steroid dienone is 26. The summed E-state index contributed by atoms with van der Waals surface area (Å²) in [5.41, 5.74) is 0. The van der Waals surface area contributed by atoms with E-state index in [9.17, 15) is 19.5 Å². The third-order valence-corrected chi connectivity index (χ3v) is 13.8. The van der Waals surface area contributed by atoms with Crippen molar-refractivity contribution >= 4 is 17.9 Å². The van der Waals surface area contributed by atoms with Gasteiger partial charge in [-0.15, -0.1) is 0 Å². The summed E-state index contributed by atoms with van der Waals surface area (Å²) in [5.74, 6) is -2.03. The van der Waals surface area contributed by atoms with Crippen LogP contribution in [-0.4, -0.2) is 87.4 Å². The molecule has 0 spiro atoms. The number of hydrogen-bond acceptors (Lipinski definition) is 7. The molecule has 0 aliphatic heterocycles. The second-order valence-corrected chi connectivity index (χ2v) is 23.0. The fourth-order valence-corrected chi connectivity index (χ4v) is 8.70. The Morgan fingerprint density at radius 1 is 0.353 bits per heavy atom. The molecule has 2 atom stereocenters. The third-order valence-electron chi connectivity index (χ3n) is 13.8. The predicted molar refractivity (Wildman–Crippen MR) is 363 cm³/mol. The molecule has 0 aliphatic carbocycles. The molecule has 0 bridgehead atoms. The highest BCUT2D eigenvalue weighted by Crippen LogP contribution is 2.15. The summed E-state index contributed by atoms with van der Waals surface area (Å²) in [7, 11) is 5.96. The van der Waals surface area contributed by atoms with Crippen LogP contribution in [0.2, 0.25) is 0 Å². The molecule has 0 aromatic rings. The number of carboxylic acid groups (broad SMARTS) is 1. The molecule has 0 aromatic heterocycles. The fourth-order valence-electron chi connectivity index (χ4n) is 8.70. The van der Waals surface area contributed by atoms with Crippen LogP contribution >= 0.6 is 0 Å². The number of quaternary nitrogens is 1. The van der Waals surface area contributed by atoms with Gasteiger partial charge in [-0.2, -0.15) is 0 Å². The Morgan fingerprint density at radius 3 is 0.941 bits per heavy atom. The smallest absolute Gasteiger partial charge is 0.361 e. The summed E-state index contributed by atoms with van der Waals surface area (Å²) in [6, 6.07) is 0. The highest BCUT2D eigenvalue weighted by molar-refractivity contribution is 5.71. The minimum absolute atomic E-state index is 0.178. The quantitative estimate of drug-likeness (QED) is 0.0211. The molecule has 2 unspecified atom stereocenters. The van der Waals surface area contributed by atoms with Crippen molar-refractivity contribution in [2.45, 2.75) is 257 Å². The zero-order valence-electron chi connectivity index (χ0n) is 54.7. The van der Waals surface area contributed by atoms with Crippen molar-refractivity contribution in [3.63, 3.8) is 0 Å². The van der Waals surface area contributed by atoms with E-state index in [4.69, 9.17) is 18.9 Å². The Balaban J connectivity index is 4.21. The number of nitrogens with zero attached hydrogens (tertiary/aromatic N) is 1. The largest absolute Gasteiger partial charge is 0.477 e. The van der Waals surface area contributed by atoms with Crippen LogP contribution in [0.4, 0.5) is 0 Å². The highest BCUT2D eigenvalue weighted by Gasteiger charge is 2.25. The van der Waals surface area contributed by atoms with Gasteiger partial charge in [0.1, 0.15) is 13.2 Å².